The van der Waals surface area contributed by atoms with Gasteiger partial charge in [-0.05, 0) is 36.4 Å². The molecule has 0 spiro atoms. The second-order valence-electron chi connectivity index (χ2n) is 7.51. The number of aromatic nitrogens is 1. The lowest BCUT2D eigenvalue weighted by Crippen LogP contribution is -2.47. The maximum absolute atomic E-state index is 12.6. The lowest BCUT2D eigenvalue weighted by Gasteiger charge is -2.35. The van der Waals surface area contributed by atoms with Crippen molar-refractivity contribution in [3.05, 3.63) is 52.3 Å². The number of nitrogens with zero attached hydrogens (tertiary/aromatic N) is 2. The van der Waals surface area contributed by atoms with E-state index in [0.29, 0.717) is 57.8 Å². The number of aromatic amines is 1. The van der Waals surface area contributed by atoms with Gasteiger partial charge in [0.15, 0.2) is 0 Å². The van der Waals surface area contributed by atoms with Gasteiger partial charge >= 0.3 is 0 Å². The highest BCUT2D eigenvalue weighted by Gasteiger charge is 2.30. The number of hydrogen-bond acceptors (Lipinski definition) is 4. The van der Waals surface area contributed by atoms with Gasteiger partial charge in [-0.15, -0.1) is 0 Å². The van der Waals surface area contributed by atoms with Crippen molar-refractivity contribution in [3.8, 4) is 0 Å². The number of hydrogen-bond donors (Lipinski definition) is 1. The quantitative estimate of drug-likeness (QED) is 0.801. The largest absolute Gasteiger partial charge is 0.378 e. The summed E-state index contributed by atoms with van der Waals surface area (Å²) < 4.78 is 5.30. The van der Waals surface area contributed by atoms with Crippen molar-refractivity contribution in [2.24, 2.45) is 5.92 Å². The molecule has 152 valence electrons. The van der Waals surface area contributed by atoms with Crippen LogP contribution in [0.5, 0.6) is 0 Å². The first-order valence-electron chi connectivity index (χ1n) is 10.1. The van der Waals surface area contributed by atoms with E-state index in [1.54, 1.807) is 17.0 Å². The zero-order valence-electron chi connectivity index (χ0n) is 16.3. The molecule has 0 saturated carbocycles. The minimum Gasteiger partial charge on any atom is -0.378 e. The van der Waals surface area contributed by atoms with Crippen molar-refractivity contribution in [2.45, 2.75) is 12.8 Å². The summed E-state index contributed by atoms with van der Waals surface area (Å²) in [6.07, 6.45) is 4.36. The SMILES string of the molecule is O=C(/C=C/c1cc2ccccc2[nH]c1=O)N1CCC(C(=O)N2CCOCC2)CC1. The number of carbonyl (C=O) groups is 2. The van der Waals surface area contributed by atoms with Crippen LogP contribution < -0.4 is 5.56 Å². The van der Waals surface area contributed by atoms with Crippen LogP contribution in [0, 0.1) is 5.92 Å². The molecule has 7 heteroatoms. The van der Waals surface area contributed by atoms with Gasteiger partial charge in [-0.25, -0.2) is 0 Å². The van der Waals surface area contributed by atoms with Crippen LogP contribution in [0.4, 0.5) is 0 Å². The second kappa shape index (κ2) is 8.61. The van der Waals surface area contributed by atoms with Gasteiger partial charge in [-0.2, -0.15) is 0 Å². The van der Waals surface area contributed by atoms with E-state index < -0.39 is 0 Å². The van der Waals surface area contributed by atoms with Crippen molar-refractivity contribution < 1.29 is 14.3 Å². The normalized spacial score (nSPS) is 18.5. The molecule has 4 rings (SSSR count). The van der Waals surface area contributed by atoms with Crippen molar-refractivity contribution in [3.63, 3.8) is 0 Å². The fourth-order valence-corrected chi connectivity index (χ4v) is 3.94. The van der Waals surface area contributed by atoms with Crippen LogP contribution in [0.3, 0.4) is 0 Å². The molecule has 2 aliphatic heterocycles. The first kappa shape index (κ1) is 19.4. The van der Waals surface area contributed by atoms with E-state index in [1.165, 1.54) is 6.08 Å². The molecule has 7 nitrogen and oxygen atoms in total. The number of ether oxygens (including phenoxy) is 1. The number of carbonyl (C=O) groups excluding carboxylic acids is 2. The Hall–Kier alpha value is -2.93. The van der Waals surface area contributed by atoms with Gasteiger partial charge < -0.3 is 19.5 Å². The minimum atomic E-state index is -0.220. The monoisotopic (exact) mass is 395 g/mol. The van der Waals surface area contributed by atoms with Crippen LogP contribution in [0.2, 0.25) is 0 Å². The average molecular weight is 395 g/mol. The molecule has 2 aromatic rings. The van der Waals surface area contributed by atoms with Crippen molar-refractivity contribution >= 4 is 28.8 Å². The molecule has 0 atom stereocenters. The van der Waals surface area contributed by atoms with Gasteiger partial charge in [-0.3, -0.25) is 14.4 Å². The number of benzene rings is 1. The zero-order chi connectivity index (χ0) is 20.2. The Bertz CT molecular complexity index is 983. The molecule has 1 aromatic carbocycles. The number of nitrogens with one attached hydrogen (secondary N) is 1. The summed E-state index contributed by atoms with van der Waals surface area (Å²) in [6, 6.07) is 9.32. The summed E-state index contributed by atoms with van der Waals surface area (Å²) in [5.74, 6) is 0.0259. The third kappa shape index (κ3) is 4.40. The number of H-pyrrole nitrogens is 1. The van der Waals surface area contributed by atoms with Gasteiger partial charge in [0.25, 0.3) is 5.56 Å². The molecule has 1 aromatic heterocycles. The van der Waals surface area contributed by atoms with Gasteiger partial charge in [0.1, 0.15) is 0 Å². The number of rotatable bonds is 3. The molecule has 0 aliphatic carbocycles. The van der Waals surface area contributed by atoms with E-state index >= 15 is 0 Å². The van der Waals surface area contributed by atoms with Crippen molar-refractivity contribution in [2.75, 3.05) is 39.4 Å². The van der Waals surface area contributed by atoms with Gasteiger partial charge in [0, 0.05) is 49.3 Å². The van der Waals surface area contributed by atoms with Crippen LogP contribution in [-0.2, 0) is 14.3 Å². The molecule has 1 N–H and O–H groups in total. The molecule has 29 heavy (non-hydrogen) atoms. The second-order valence-corrected chi connectivity index (χ2v) is 7.51. The molecule has 0 unspecified atom stereocenters. The smallest absolute Gasteiger partial charge is 0.255 e. The average Bonchev–Trinajstić information content (AvgIpc) is 2.77. The highest BCUT2D eigenvalue weighted by Crippen LogP contribution is 2.21. The molecule has 2 amide bonds. The topological polar surface area (TPSA) is 82.7 Å². The van der Waals surface area contributed by atoms with Crippen LogP contribution in [0.25, 0.3) is 17.0 Å². The van der Waals surface area contributed by atoms with Gasteiger partial charge in [0.05, 0.1) is 13.2 Å². The fourth-order valence-electron chi connectivity index (χ4n) is 3.94. The Morgan fingerprint density at radius 2 is 1.76 bits per heavy atom. The fraction of sp³-hybridized carbons (Fsp3) is 0.409. The maximum Gasteiger partial charge on any atom is 0.255 e. The van der Waals surface area contributed by atoms with Crippen LogP contribution in [0.1, 0.15) is 18.4 Å². The Labute approximate surface area is 168 Å². The van der Waals surface area contributed by atoms with Crippen LogP contribution in [0.15, 0.2) is 41.2 Å². The first-order valence-corrected chi connectivity index (χ1v) is 10.1. The van der Waals surface area contributed by atoms with E-state index in [1.807, 2.05) is 29.2 Å². The first-order chi connectivity index (χ1) is 14.1. The lowest BCUT2D eigenvalue weighted by molar-refractivity contribution is -0.142. The number of para-hydroxylation sites is 1. The number of likely N-dealkylation sites (tertiary alicyclic amines) is 1. The van der Waals surface area contributed by atoms with Crippen molar-refractivity contribution in [1.29, 1.82) is 0 Å². The summed E-state index contributed by atoms with van der Waals surface area (Å²) in [7, 11) is 0. The standard InChI is InChI=1S/C22H25N3O4/c26-20(6-5-18-15-17-3-1-2-4-19(17)23-21(18)27)24-9-7-16(8-10-24)22(28)25-11-13-29-14-12-25/h1-6,15-16H,7-14H2,(H,23,27)/b6-5+. The molecular formula is C22H25N3O4. The van der Waals surface area contributed by atoms with Crippen molar-refractivity contribution in [1.82, 2.24) is 14.8 Å². The van der Waals surface area contributed by atoms with Gasteiger partial charge in [0.2, 0.25) is 11.8 Å². The summed E-state index contributed by atoms with van der Waals surface area (Å²) in [6.45, 7) is 3.61. The highest BCUT2D eigenvalue weighted by atomic mass is 16.5. The van der Waals surface area contributed by atoms with E-state index in [-0.39, 0.29) is 23.3 Å². The minimum absolute atomic E-state index is 0.0236. The van der Waals surface area contributed by atoms with Gasteiger partial charge in [-0.1, -0.05) is 18.2 Å². The highest BCUT2D eigenvalue weighted by molar-refractivity contribution is 5.92. The molecule has 0 bridgehead atoms. The Kier molecular flexibility index (Phi) is 5.76. The third-order valence-corrected chi connectivity index (χ3v) is 5.67. The number of morpholine rings is 1. The van der Waals surface area contributed by atoms with Crippen LogP contribution >= 0.6 is 0 Å². The Balaban J connectivity index is 1.36. The van der Waals surface area contributed by atoms with E-state index in [2.05, 4.69) is 4.98 Å². The third-order valence-electron chi connectivity index (χ3n) is 5.67. The number of piperidine rings is 1. The predicted octanol–water partition coefficient (Wildman–Crippen LogP) is 1.64. The molecule has 2 fully saturated rings. The van der Waals surface area contributed by atoms with E-state index in [0.717, 1.165) is 10.9 Å². The lowest BCUT2D eigenvalue weighted by atomic mass is 9.95. The summed E-state index contributed by atoms with van der Waals surface area (Å²) >= 11 is 0. The molecule has 3 heterocycles. The summed E-state index contributed by atoms with van der Waals surface area (Å²) in [5, 5.41) is 0.918. The molecule has 2 saturated heterocycles. The molecule has 2 aliphatic rings. The predicted molar refractivity (Wildman–Crippen MR) is 110 cm³/mol. The van der Waals surface area contributed by atoms with E-state index in [4.69, 9.17) is 4.74 Å². The zero-order valence-corrected chi connectivity index (χ0v) is 16.3. The Morgan fingerprint density at radius 3 is 2.52 bits per heavy atom. The maximum atomic E-state index is 12.6. The Morgan fingerprint density at radius 1 is 1.03 bits per heavy atom. The number of pyridine rings is 1. The van der Waals surface area contributed by atoms with Crippen LogP contribution in [-0.4, -0.2) is 66.0 Å². The molecular weight excluding hydrogens is 370 g/mol. The van der Waals surface area contributed by atoms with E-state index in [9.17, 15) is 14.4 Å². The summed E-state index contributed by atoms with van der Waals surface area (Å²) in [5.41, 5.74) is 1.00. The number of amides is 2. The molecule has 0 radical (unpaired) electrons. The number of fused-ring (bicyclic) bond motifs is 1. The summed E-state index contributed by atoms with van der Waals surface area (Å²) in [4.78, 5) is 43.8.